The number of alkyl halides is 1. The number of nitrogens with two attached hydrogens (primary N) is 1. The number of carbonyl (C=O) groups excluding carboxylic acids is 6. The van der Waals surface area contributed by atoms with Gasteiger partial charge < -0.3 is 39.5 Å². The number of halogens is 1. The van der Waals surface area contributed by atoms with Crippen LogP contribution in [0.1, 0.15) is 105 Å². The van der Waals surface area contributed by atoms with E-state index >= 15 is 0 Å². The largest absolute Gasteiger partial charge is 0.459 e. The molecule has 0 radical (unpaired) electrons. The third kappa shape index (κ3) is 54.7. The highest BCUT2D eigenvalue weighted by molar-refractivity contribution is 9.09. The van der Waals surface area contributed by atoms with Crippen LogP contribution < -0.4 is 11.1 Å². The van der Waals surface area contributed by atoms with Gasteiger partial charge in [0.15, 0.2) is 0 Å². The second kappa shape index (κ2) is 67.1. The minimum Gasteiger partial charge on any atom is -0.459 e. The van der Waals surface area contributed by atoms with Gasteiger partial charge in [0, 0.05) is 326 Å². The summed E-state index contributed by atoms with van der Waals surface area (Å²) in [5.74, 6) is -3.41. The Morgan fingerprint density at radius 3 is 0.868 bits per heavy atom. The summed E-state index contributed by atoms with van der Waals surface area (Å²) in [4.78, 5) is 73.9. The fourth-order valence-corrected chi connectivity index (χ4v) is 80.7. The lowest BCUT2D eigenvalue weighted by Crippen LogP contribution is -2.28. The topological polar surface area (TPSA) is 196 Å². The highest BCUT2D eigenvalue weighted by atomic mass is 79.9. The van der Waals surface area contributed by atoms with Gasteiger partial charge in [-0.05, 0) is 88.1 Å². The smallest absolute Gasteiger partial charge is 0.341 e. The van der Waals surface area contributed by atoms with Crippen molar-refractivity contribution < 1.29 is 57.2 Å². The Labute approximate surface area is 732 Å². The van der Waals surface area contributed by atoms with E-state index in [1.807, 2.05) is 142 Å². The summed E-state index contributed by atoms with van der Waals surface area (Å²) in [6, 6.07) is 46.3. The van der Waals surface area contributed by atoms with E-state index in [9.17, 15) is 28.8 Å². The van der Waals surface area contributed by atoms with Crippen LogP contribution in [-0.4, -0.2) is 58.9 Å². The summed E-state index contributed by atoms with van der Waals surface area (Å²) in [6.07, 6.45) is 0. The first-order valence-electron chi connectivity index (χ1n) is 27.9. The lowest BCUT2D eigenvalue weighted by Gasteiger charge is -2.20. The zero-order valence-corrected chi connectivity index (χ0v) is 85.1. The van der Waals surface area contributed by atoms with Crippen LogP contribution in [0.4, 0.5) is 11.4 Å². The van der Waals surface area contributed by atoms with E-state index in [2.05, 4.69) is 21.2 Å². The van der Waals surface area contributed by atoms with Crippen molar-refractivity contribution in [2.24, 2.45) is 0 Å². The Bertz CT molecular complexity index is 5340. The van der Waals surface area contributed by atoms with Crippen LogP contribution in [0, 0.1) is 0 Å². The summed E-state index contributed by atoms with van der Waals surface area (Å²) in [5, 5.41) is 3.17. The quantitative estimate of drug-likeness (QED) is 0.0401. The van der Waals surface area contributed by atoms with E-state index in [0.29, 0.717) is 0 Å². The third-order valence-corrected chi connectivity index (χ3v) is 74.9. The number of esters is 6. The van der Waals surface area contributed by atoms with E-state index in [0.717, 1.165) is 22.3 Å². The first-order valence-corrected chi connectivity index (χ1v) is 73.0. The van der Waals surface area contributed by atoms with Crippen molar-refractivity contribution in [3.8, 4) is 0 Å². The molecule has 0 amide bonds. The van der Waals surface area contributed by atoms with Gasteiger partial charge in [-0.25, -0.2) is 19.2 Å². The molecule has 0 aliphatic rings. The van der Waals surface area contributed by atoms with Crippen LogP contribution >= 0.6 is 15.9 Å². The van der Waals surface area contributed by atoms with Crippen molar-refractivity contribution in [3.63, 3.8) is 0 Å². The normalized spacial score (nSPS) is 9.54. The van der Waals surface area contributed by atoms with Gasteiger partial charge in [-0.2, -0.15) is 0 Å². The molecule has 0 saturated carbocycles. The van der Waals surface area contributed by atoms with Gasteiger partial charge in [0.2, 0.25) is 0 Å². The number of anilines is 2. The third-order valence-electron chi connectivity index (χ3n) is 10.0. The van der Waals surface area contributed by atoms with Gasteiger partial charge in [-0.1, -0.05) is 149 Å². The number of carbonyl (C=O) groups is 6. The number of benzene rings is 6. The minimum atomic E-state index is -0.715. The van der Waals surface area contributed by atoms with Crippen LogP contribution in [-0.2, 0) is 384 Å². The molecular weight excluding hydrogens is 2090 g/mol. The maximum Gasteiger partial charge on any atom is 0.341 e. The van der Waals surface area contributed by atoms with Crippen molar-refractivity contribution in [3.05, 3.63) is 202 Å². The second-order valence-electron chi connectivity index (χ2n) is 19.5. The van der Waals surface area contributed by atoms with Crippen LogP contribution in [0.5, 0.6) is 0 Å². The van der Waals surface area contributed by atoms with Crippen molar-refractivity contribution in [1.82, 2.24) is 0 Å². The monoisotopic (exact) mass is 2150 g/mol. The lowest BCUT2D eigenvalue weighted by atomic mass is 10.0. The number of nitrogen functional groups attached to an aromatic ring is 1. The molecule has 0 spiro atoms. The summed E-state index contributed by atoms with van der Waals surface area (Å²) in [5.41, 5.74) is 8.79. The maximum absolute atomic E-state index is 13.1. The molecule has 6 rings (SSSR count). The van der Waals surface area contributed by atoms with Crippen LogP contribution in [0.2, 0.25) is 0 Å². The van der Waals surface area contributed by atoms with Gasteiger partial charge >= 0.3 is 35.8 Å². The molecule has 6 aromatic carbocycles. The minimum absolute atomic E-state index is 0.00921. The van der Waals surface area contributed by atoms with Crippen molar-refractivity contribution in [1.29, 1.82) is 0 Å². The standard InChI is InChI=1S/C28H29NO6.C22H19NO4.C6H11BrO2.S18.S17/c1-28(2,3)35-24(30)17-29-23-16-10-15-22(26(31)33-18-20-11-6-4-7-12-20)25(23)27(32)34-19-21-13-8-5-9-14-21;23-19-13-7-12-18(21(24)26-14-16-8-3-1-4-9-16)20(19)22(25)27-15-17-10-5-2-6-11-17;1-6(2,3)9-5(8)4-7;1-3-5-7-9-11-13-15-17-18-16-14-12-10-8-6-4-2;1-3-5-7-9-11-13-15-17-16-14-12-10-8-6-4-2/h4-16,29H,17-19H2,1-3H3;1-13H,14-15,23H2;4H2,1-3H3;;. The lowest BCUT2D eigenvalue weighted by molar-refractivity contribution is -0.153. The van der Waals surface area contributed by atoms with E-state index in [1.54, 1.807) is 285 Å². The second-order valence-corrected chi connectivity index (χ2v) is 74.9. The number of hydrogen-bond acceptors (Lipinski definition) is 18. The molecule has 0 aromatic heterocycles. The average Bonchev–Trinajstić information content (AvgIpc) is 0.819. The Morgan fingerprint density at radius 1 is 0.340 bits per heavy atom. The molecule has 582 valence electrons. The molecule has 106 heavy (non-hydrogen) atoms. The molecule has 50 heteroatoms. The predicted octanol–water partition coefficient (Wildman–Crippen LogP) is 10.8. The van der Waals surface area contributed by atoms with Crippen LogP contribution in [0.25, 0.3) is 0 Å². The van der Waals surface area contributed by atoms with Crippen molar-refractivity contribution in [2.45, 2.75) is 79.2 Å². The maximum atomic E-state index is 13.1. The highest BCUT2D eigenvalue weighted by Crippen LogP contribution is 2.25. The molecule has 3 N–H and O–H groups in total. The zero-order valence-electron chi connectivity index (χ0n) is 54.9. The molecule has 0 saturated heterocycles. The molecule has 14 nitrogen and oxygen atoms in total. The average molecular weight is 2150 g/mol. The first-order chi connectivity index (χ1) is 51.2. The van der Waals surface area contributed by atoms with E-state index in [1.165, 1.54) is 47.7 Å². The Hall–Kier alpha value is -0.0800. The molecule has 0 aliphatic carbocycles. The van der Waals surface area contributed by atoms with E-state index in [4.69, 9.17) is 78.9 Å². The SMILES string of the molecule is CC(C)(C)OC(=O)CBr.CC(C)(C)OC(=O)CNc1cccc(C(=O)OCc2ccccc2)c1C(=O)OCc1ccccc1.Nc1cccc(C(=O)OCc2ccccc2)c1C(=O)OCc1ccccc1.S=S=S=S=S=S=S=S=S=S=S=S=S=S=S=S=S.S=S=S=S=S=S=S=S=S=S=S=S=S=S=S=S=S=S. The molecule has 0 unspecified atom stereocenters. The Balaban J connectivity index is 0.000000479. The number of rotatable bonds is 16. The molecule has 6 aromatic rings. The fourth-order valence-electron chi connectivity index (χ4n) is 6.47. The molecule has 0 aliphatic heterocycles. The van der Waals surface area contributed by atoms with Crippen molar-refractivity contribution >= 4 is 383 Å². The number of hydrogen-bond donors (Lipinski definition) is 2. The summed E-state index contributed by atoms with van der Waals surface area (Å²) < 4.78 is 31.8. The van der Waals surface area contributed by atoms with Gasteiger partial charge in [-0.3, -0.25) is 9.59 Å². The number of nitrogens with one attached hydrogen (secondary N) is 1. The molecule has 0 atom stereocenters. The van der Waals surface area contributed by atoms with E-state index < -0.39 is 35.4 Å². The van der Waals surface area contributed by atoms with Gasteiger partial charge in [-0.15, -0.1) is 0 Å². The van der Waals surface area contributed by atoms with E-state index in [-0.39, 0.29) is 83.5 Å². The fraction of sp³-hybridized carbons (Fsp3) is 0.250. The summed E-state index contributed by atoms with van der Waals surface area (Å²) in [6.45, 7) is 10.9. The molecular formula is C56H59BrN2O12S35. The van der Waals surface area contributed by atoms with Crippen molar-refractivity contribution in [2.75, 3.05) is 22.9 Å². The zero-order chi connectivity index (χ0) is 77.7. The first kappa shape index (κ1) is 102. The highest BCUT2D eigenvalue weighted by Gasteiger charge is 2.26. The molecule has 0 fully saturated rings. The Morgan fingerprint density at radius 2 is 0.594 bits per heavy atom. The van der Waals surface area contributed by atoms with Gasteiger partial charge in [0.1, 0.15) is 49.5 Å². The van der Waals surface area contributed by atoms with Crippen LogP contribution in [0.15, 0.2) is 158 Å². The van der Waals surface area contributed by atoms with Gasteiger partial charge in [0.25, 0.3) is 0 Å². The molecule has 0 bridgehead atoms. The van der Waals surface area contributed by atoms with Gasteiger partial charge in [0.05, 0.1) is 27.9 Å². The van der Waals surface area contributed by atoms with Crippen LogP contribution in [0.3, 0.4) is 0 Å². The summed E-state index contributed by atoms with van der Waals surface area (Å²) >= 11 is 22.0. The number of ether oxygens (including phenoxy) is 6. The molecule has 0 heterocycles. The summed E-state index contributed by atoms with van der Waals surface area (Å²) in [7, 11) is 52.5. The Kier molecular flexibility index (Phi) is 64.6. The predicted molar refractivity (Wildman–Crippen MR) is 531 cm³/mol.